The van der Waals surface area contributed by atoms with Gasteiger partial charge in [0.1, 0.15) is 6.33 Å². The molecule has 7 nitrogen and oxygen atoms in total. The summed E-state index contributed by atoms with van der Waals surface area (Å²) in [5.74, 6) is 0.527. The Morgan fingerprint density at radius 3 is 2.68 bits per heavy atom. The van der Waals surface area contributed by atoms with Gasteiger partial charge >= 0.3 is 0 Å². The monoisotopic (exact) mass is 300 g/mol. The molecule has 1 aromatic heterocycles. The average Bonchev–Trinajstić information content (AvgIpc) is 3.24. The molecule has 1 atom stereocenters. The van der Waals surface area contributed by atoms with Crippen LogP contribution in [0.3, 0.4) is 0 Å². The first kappa shape index (κ1) is 14.6. The largest absolute Gasteiger partial charge is 0.349 e. The minimum Gasteiger partial charge on any atom is -0.349 e. The highest BCUT2D eigenvalue weighted by molar-refractivity contribution is 5.79. The molecule has 0 saturated heterocycles. The van der Waals surface area contributed by atoms with E-state index in [2.05, 4.69) is 20.8 Å². The van der Waals surface area contributed by atoms with E-state index in [0.29, 0.717) is 18.9 Å². The fraction of sp³-hybridized carbons (Fsp3) is 0.467. The number of hydrogen-bond donors (Lipinski definition) is 2. The Hall–Kier alpha value is -2.28. The average molecular weight is 300 g/mol. The lowest BCUT2D eigenvalue weighted by molar-refractivity contribution is -0.122. The van der Waals surface area contributed by atoms with Gasteiger partial charge in [0.15, 0.2) is 0 Å². The van der Waals surface area contributed by atoms with Crippen molar-refractivity contribution in [1.29, 1.82) is 0 Å². The van der Waals surface area contributed by atoms with Crippen LogP contribution in [0.5, 0.6) is 0 Å². The Morgan fingerprint density at radius 1 is 1.41 bits per heavy atom. The fourth-order valence-corrected chi connectivity index (χ4v) is 2.63. The van der Waals surface area contributed by atoms with Gasteiger partial charge in [-0.1, -0.05) is 12.1 Å². The lowest BCUT2D eigenvalue weighted by Crippen LogP contribution is -2.53. The summed E-state index contributed by atoms with van der Waals surface area (Å²) in [6.07, 6.45) is 4.17. The van der Waals surface area contributed by atoms with Crippen molar-refractivity contribution in [2.75, 3.05) is 6.54 Å². The summed E-state index contributed by atoms with van der Waals surface area (Å²) in [5, 5.41) is 14.1. The van der Waals surface area contributed by atoms with Gasteiger partial charge < -0.3 is 11.1 Å². The number of nitrogens with zero attached hydrogens (tertiary/aromatic N) is 4. The van der Waals surface area contributed by atoms with E-state index >= 15 is 0 Å². The molecule has 2 aromatic rings. The lowest BCUT2D eigenvalue weighted by atomic mass is 9.95. The SMILES string of the molecule is CC(CN)(NC(=O)Cc1ccc(-n2cnnn2)cc1)C1CC1. The van der Waals surface area contributed by atoms with Crippen LogP contribution in [0.2, 0.25) is 0 Å². The van der Waals surface area contributed by atoms with Crippen LogP contribution in [0.15, 0.2) is 30.6 Å². The maximum Gasteiger partial charge on any atom is 0.224 e. The third-order valence-electron chi connectivity index (χ3n) is 4.24. The van der Waals surface area contributed by atoms with Gasteiger partial charge in [-0.2, -0.15) is 0 Å². The first-order valence-corrected chi connectivity index (χ1v) is 7.44. The second-order valence-corrected chi connectivity index (χ2v) is 6.04. The van der Waals surface area contributed by atoms with E-state index in [9.17, 15) is 4.79 Å². The van der Waals surface area contributed by atoms with Crippen LogP contribution in [0.25, 0.3) is 5.69 Å². The number of nitrogens with one attached hydrogen (secondary N) is 1. The van der Waals surface area contributed by atoms with Gasteiger partial charge in [0.05, 0.1) is 17.6 Å². The second kappa shape index (κ2) is 5.84. The van der Waals surface area contributed by atoms with Gasteiger partial charge in [-0.3, -0.25) is 4.79 Å². The molecule has 1 heterocycles. The molecule has 1 fully saturated rings. The predicted octanol–water partition coefficient (Wildman–Crippen LogP) is 0.448. The van der Waals surface area contributed by atoms with E-state index in [-0.39, 0.29) is 11.4 Å². The Labute approximate surface area is 128 Å². The molecule has 0 aliphatic heterocycles. The van der Waals surface area contributed by atoms with Crippen molar-refractivity contribution in [3.8, 4) is 5.69 Å². The highest BCUT2D eigenvalue weighted by Gasteiger charge is 2.41. The smallest absolute Gasteiger partial charge is 0.224 e. The van der Waals surface area contributed by atoms with E-state index < -0.39 is 0 Å². The van der Waals surface area contributed by atoms with Gasteiger partial charge in [-0.15, -0.1) is 5.10 Å². The molecule has 0 bridgehead atoms. The van der Waals surface area contributed by atoms with Crippen molar-refractivity contribution in [3.63, 3.8) is 0 Å². The Bertz CT molecular complexity index is 635. The molecule has 3 N–H and O–H groups in total. The number of amides is 1. The number of carbonyl (C=O) groups excluding carboxylic acids is 1. The summed E-state index contributed by atoms with van der Waals surface area (Å²) in [5.41, 5.74) is 7.36. The van der Waals surface area contributed by atoms with Crippen molar-refractivity contribution in [1.82, 2.24) is 25.5 Å². The minimum atomic E-state index is -0.274. The molecule has 1 saturated carbocycles. The summed E-state index contributed by atoms with van der Waals surface area (Å²) in [6.45, 7) is 2.50. The van der Waals surface area contributed by atoms with Crippen molar-refractivity contribution in [2.45, 2.75) is 31.7 Å². The Kier molecular flexibility index (Phi) is 3.89. The van der Waals surface area contributed by atoms with Crippen LogP contribution in [0, 0.1) is 5.92 Å². The van der Waals surface area contributed by atoms with Crippen molar-refractivity contribution >= 4 is 5.91 Å². The Morgan fingerprint density at radius 2 is 2.14 bits per heavy atom. The molecule has 1 aliphatic carbocycles. The predicted molar refractivity (Wildman–Crippen MR) is 81.2 cm³/mol. The van der Waals surface area contributed by atoms with Crippen molar-refractivity contribution in [2.24, 2.45) is 11.7 Å². The number of hydrogen-bond acceptors (Lipinski definition) is 5. The molecule has 1 aromatic carbocycles. The van der Waals surface area contributed by atoms with Crippen LogP contribution in [-0.4, -0.2) is 38.2 Å². The lowest BCUT2D eigenvalue weighted by Gasteiger charge is -2.29. The molecule has 3 rings (SSSR count). The number of aromatic nitrogens is 4. The maximum atomic E-state index is 12.2. The van der Waals surface area contributed by atoms with Gasteiger partial charge in [-0.25, -0.2) is 4.68 Å². The fourth-order valence-electron chi connectivity index (χ4n) is 2.63. The van der Waals surface area contributed by atoms with Gasteiger partial charge in [0.2, 0.25) is 5.91 Å². The third-order valence-corrected chi connectivity index (χ3v) is 4.24. The number of tetrazole rings is 1. The van der Waals surface area contributed by atoms with Crippen LogP contribution in [-0.2, 0) is 11.2 Å². The quantitative estimate of drug-likeness (QED) is 0.807. The second-order valence-electron chi connectivity index (χ2n) is 6.04. The zero-order chi connectivity index (χ0) is 15.6. The number of benzene rings is 1. The highest BCUT2D eigenvalue weighted by Crippen LogP contribution is 2.38. The summed E-state index contributed by atoms with van der Waals surface area (Å²) < 4.78 is 1.57. The molecule has 7 heteroatoms. The van der Waals surface area contributed by atoms with Crippen molar-refractivity contribution in [3.05, 3.63) is 36.2 Å². The zero-order valence-electron chi connectivity index (χ0n) is 12.6. The summed E-state index contributed by atoms with van der Waals surface area (Å²) in [4.78, 5) is 12.2. The van der Waals surface area contributed by atoms with Gasteiger partial charge in [0.25, 0.3) is 0 Å². The van der Waals surface area contributed by atoms with E-state index in [4.69, 9.17) is 5.73 Å². The van der Waals surface area contributed by atoms with E-state index in [1.54, 1.807) is 4.68 Å². The summed E-state index contributed by atoms with van der Waals surface area (Å²) in [7, 11) is 0. The first-order valence-electron chi connectivity index (χ1n) is 7.44. The van der Waals surface area contributed by atoms with Crippen LogP contribution >= 0.6 is 0 Å². The molecular weight excluding hydrogens is 280 g/mol. The molecule has 0 spiro atoms. The first-order chi connectivity index (χ1) is 10.6. The Balaban J connectivity index is 1.62. The number of nitrogens with two attached hydrogens (primary N) is 1. The third kappa shape index (κ3) is 3.14. The molecular formula is C15H20N6O. The van der Waals surface area contributed by atoms with Crippen molar-refractivity contribution < 1.29 is 4.79 Å². The number of carbonyl (C=O) groups is 1. The van der Waals surface area contributed by atoms with Crippen LogP contribution in [0.1, 0.15) is 25.3 Å². The highest BCUT2D eigenvalue weighted by atomic mass is 16.1. The summed E-state index contributed by atoms with van der Waals surface area (Å²) >= 11 is 0. The molecule has 22 heavy (non-hydrogen) atoms. The molecule has 116 valence electrons. The van der Waals surface area contributed by atoms with Gasteiger partial charge in [-0.05, 0) is 53.8 Å². The molecule has 1 unspecified atom stereocenters. The molecule has 1 aliphatic rings. The topological polar surface area (TPSA) is 98.7 Å². The van der Waals surface area contributed by atoms with E-state index in [1.165, 1.54) is 6.33 Å². The minimum absolute atomic E-state index is 0.00928. The van der Waals surface area contributed by atoms with Crippen LogP contribution in [0.4, 0.5) is 0 Å². The maximum absolute atomic E-state index is 12.2. The van der Waals surface area contributed by atoms with Gasteiger partial charge in [0, 0.05) is 6.54 Å². The van der Waals surface area contributed by atoms with E-state index in [0.717, 1.165) is 24.1 Å². The molecule has 1 amide bonds. The summed E-state index contributed by atoms with van der Waals surface area (Å²) in [6, 6.07) is 7.60. The zero-order valence-corrected chi connectivity index (χ0v) is 12.6. The van der Waals surface area contributed by atoms with E-state index in [1.807, 2.05) is 31.2 Å². The van der Waals surface area contributed by atoms with Crippen LogP contribution < -0.4 is 11.1 Å². The standard InChI is InChI=1S/C15H20N6O/c1-15(9-16,12-4-5-12)18-14(22)8-11-2-6-13(7-3-11)21-10-17-19-20-21/h2-3,6-7,10,12H,4-5,8-9,16H2,1H3,(H,18,22). The number of rotatable bonds is 6. The molecule has 0 radical (unpaired) electrons. The normalized spacial score (nSPS) is 17.0.